The average Bonchev–Trinajstić information content (AvgIpc) is 3.28. The number of carbonyl (C=O) groups is 2. The smallest absolute Gasteiger partial charge is 0.325 e. The van der Waals surface area contributed by atoms with E-state index in [4.69, 9.17) is 9.26 Å². The molecule has 2 heterocycles. The Balaban J connectivity index is 1.54. The summed E-state index contributed by atoms with van der Waals surface area (Å²) < 4.78 is 23.4. The number of imide groups is 1. The minimum Gasteiger partial charge on any atom is -0.497 e. The van der Waals surface area contributed by atoms with Gasteiger partial charge in [0.25, 0.3) is 5.91 Å². The lowest BCUT2D eigenvalue weighted by atomic mass is 9.92. The van der Waals surface area contributed by atoms with E-state index in [0.717, 1.165) is 4.90 Å². The number of nitrogens with zero attached hydrogens (tertiary/aromatic N) is 3. The summed E-state index contributed by atoms with van der Waals surface area (Å²) in [7, 11) is 1.55. The Morgan fingerprint density at radius 1 is 1.14 bits per heavy atom. The standard InChI is InChI=1S/C20H17FN4O4/c1-20(13-5-9-15(28-2)10-6-13)18(26)25(19(27)23-20)11-16-22-17(24-29-16)12-3-7-14(21)8-4-12/h3-10H,11H2,1-2H3,(H,23,27). The quantitative estimate of drug-likeness (QED) is 0.666. The summed E-state index contributed by atoms with van der Waals surface area (Å²) >= 11 is 0. The normalized spacial score (nSPS) is 18.8. The first-order valence-electron chi connectivity index (χ1n) is 8.78. The fourth-order valence-corrected chi connectivity index (χ4v) is 3.13. The van der Waals surface area contributed by atoms with Gasteiger partial charge in [0, 0.05) is 5.56 Å². The van der Waals surface area contributed by atoms with Crippen LogP contribution in [0.4, 0.5) is 9.18 Å². The lowest BCUT2D eigenvalue weighted by molar-refractivity contribution is -0.131. The molecule has 2 aromatic carbocycles. The maximum atomic E-state index is 13.1. The molecule has 8 nitrogen and oxygen atoms in total. The number of aromatic nitrogens is 2. The molecule has 1 aromatic heterocycles. The maximum Gasteiger partial charge on any atom is 0.325 e. The number of ether oxygens (including phenoxy) is 1. The molecule has 0 radical (unpaired) electrons. The molecule has 9 heteroatoms. The third kappa shape index (κ3) is 3.31. The van der Waals surface area contributed by atoms with Crippen LogP contribution in [0.15, 0.2) is 53.1 Å². The molecule has 3 amide bonds. The van der Waals surface area contributed by atoms with Crippen LogP contribution in [-0.2, 0) is 16.9 Å². The number of rotatable bonds is 5. The van der Waals surface area contributed by atoms with E-state index >= 15 is 0 Å². The molecule has 1 aliphatic rings. The first-order chi connectivity index (χ1) is 13.9. The van der Waals surface area contributed by atoms with Crippen molar-refractivity contribution in [1.29, 1.82) is 0 Å². The maximum absolute atomic E-state index is 13.1. The van der Waals surface area contributed by atoms with Gasteiger partial charge in [-0.2, -0.15) is 4.98 Å². The van der Waals surface area contributed by atoms with Crippen molar-refractivity contribution in [2.45, 2.75) is 19.0 Å². The van der Waals surface area contributed by atoms with Crippen molar-refractivity contribution in [2.24, 2.45) is 0 Å². The van der Waals surface area contributed by atoms with Gasteiger partial charge in [0.2, 0.25) is 11.7 Å². The number of nitrogens with one attached hydrogen (secondary N) is 1. The van der Waals surface area contributed by atoms with E-state index in [1.165, 1.54) is 24.3 Å². The number of hydrogen-bond acceptors (Lipinski definition) is 6. The van der Waals surface area contributed by atoms with Gasteiger partial charge in [0.05, 0.1) is 7.11 Å². The third-order valence-corrected chi connectivity index (χ3v) is 4.81. The van der Waals surface area contributed by atoms with E-state index in [2.05, 4.69) is 15.5 Å². The zero-order valence-corrected chi connectivity index (χ0v) is 15.7. The van der Waals surface area contributed by atoms with Crippen molar-refractivity contribution >= 4 is 11.9 Å². The summed E-state index contributed by atoms with van der Waals surface area (Å²) in [4.78, 5) is 30.7. The van der Waals surface area contributed by atoms with E-state index in [1.54, 1.807) is 38.3 Å². The van der Waals surface area contributed by atoms with Crippen molar-refractivity contribution in [1.82, 2.24) is 20.4 Å². The Kier molecular flexibility index (Phi) is 4.50. The van der Waals surface area contributed by atoms with Gasteiger partial charge in [0.15, 0.2) is 0 Å². The van der Waals surface area contributed by atoms with Crippen LogP contribution < -0.4 is 10.1 Å². The van der Waals surface area contributed by atoms with Crippen molar-refractivity contribution in [3.05, 3.63) is 65.8 Å². The number of benzene rings is 2. The summed E-state index contributed by atoms with van der Waals surface area (Å²) in [6.45, 7) is 1.46. The van der Waals surface area contributed by atoms with E-state index in [-0.39, 0.29) is 24.1 Å². The highest BCUT2D eigenvalue weighted by Crippen LogP contribution is 2.31. The molecule has 1 unspecified atom stereocenters. The monoisotopic (exact) mass is 396 g/mol. The number of carbonyl (C=O) groups excluding carboxylic acids is 2. The first-order valence-corrected chi connectivity index (χ1v) is 8.78. The van der Waals surface area contributed by atoms with E-state index in [0.29, 0.717) is 16.9 Å². The largest absolute Gasteiger partial charge is 0.497 e. The van der Waals surface area contributed by atoms with Crippen molar-refractivity contribution in [3.8, 4) is 17.1 Å². The topological polar surface area (TPSA) is 97.6 Å². The van der Waals surface area contributed by atoms with Gasteiger partial charge in [-0.25, -0.2) is 9.18 Å². The molecule has 4 rings (SSSR count). The van der Waals surface area contributed by atoms with Crippen LogP contribution in [0.1, 0.15) is 18.4 Å². The van der Waals surface area contributed by atoms with Gasteiger partial charge < -0.3 is 14.6 Å². The molecule has 29 heavy (non-hydrogen) atoms. The molecule has 3 aromatic rings. The van der Waals surface area contributed by atoms with Crippen molar-refractivity contribution < 1.29 is 23.2 Å². The molecule has 148 valence electrons. The highest BCUT2D eigenvalue weighted by atomic mass is 19.1. The van der Waals surface area contributed by atoms with E-state index < -0.39 is 17.5 Å². The fraction of sp³-hybridized carbons (Fsp3) is 0.200. The van der Waals surface area contributed by atoms with Gasteiger partial charge >= 0.3 is 6.03 Å². The van der Waals surface area contributed by atoms with Gasteiger partial charge in [-0.05, 0) is 48.9 Å². The zero-order valence-electron chi connectivity index (χ0n) is 15.7. The van der Waals surface area contributed by atoms with Crippen LogP contribution >= 0.6 is 0 Å². The number of halogens is 1. The van der Waals surface area contributed by atoms with Gasteiger partial charge in [0.1, 0.15) is 23.7 Å². The Hall–Kier alpha value is -3.75. The molecule has 1 aliphatic heterocycles. The van der Waals surface area contributed by atoms with Crippen LogP contribution in [0.25, 0.3) is 11.4 Å². The third-order valence-electron chi connectivity index (χ3n) is 4.81. The number of hydrogen-bond donors (Lipinski definition) is 1. The molecular formula is C20H17FN4O4. The Morgan fingerprint density at radius 3 is 2.48 bits per heavy atom. The second kappa shape index (κ2) is 7.01. The van der Waals surface area contributed by atoms with Gasteiger partial charge in [-0.3, -0.25) is 9.69 Å². The zero-order chi connectivity index (χ0) is 20.6. The van der Waals surface area contributed by atoms with Gasteiger partial charge in [-0.15, -0.1) is 0 Å². The molecule has 1 atom stereocenters. The lowest BCUT2D eigenvalue weighted by Crippen LogP contribution is -2.40. The van der Waals surface area contributed by atoms with Gasteiger partial charge in [-0.1, -0.05) is 17.3 Å². The molecular weight excluding hydrogens is 379 g/mol. The summed E-state index contributed by atoms with van der Waals surface area (Å²) in [5.74, 6) is 0.158. The highest BCUT2D eigenvalue weighted by Gasteiger charge is 2.49. The number of urea groups is 1. The molecule has 0 aliphatic carbocycles. The SMILES string of the molecule is COc1ccc(C2(C)NC(=O)N(Cc3nc(-c4ccc(F)cc4)no3)C2=O)cc1. The van der Waals surface area contributed by atoms with Crippen LogP contribution in [0.2, 0.25) is 0 Å². The minimum absolute atomic E-state index is 0.0896. The van der Waals surface area contributed by atoms with Crippen LogP contribution in [0, 0.1) is 5.82 Å². The predicted octanol–water partition coefficient (Wildman–Crippen LogP) is 2.85. The fourth-order valence-electron chi connectivity index (χ4n) is 3.13. The lowest BCUT2D eigenvalue weighted by Gasteiger charge is -2.22. The van der Waals surface area contributed by atoms with Crippen LogP contribution in [0.5, 0.6) is 5.75 Å². The van der Waals surface area contributed by atoms with E-state index in [1.807, 2.05) is 0 Å². The summed E-state index contributed by atoms with van der Waals surface area (Å²) in [6.07, 6.45) is 0. The Labute approximate surface area is 165 Å². The van der Waals surface area contributed by atoms with Crippen molar-refractivity contribution in [2.75, 3.05) is 7.11 Å². The minimum atomic E-state index is -1.22. The number of methoxy groups -OCH3 is 1. The molecule has 0 spiro atoms. The Morgan fingerprint density at radius 2 is 1.83 bits per heavy atom. The molecule has 1 saturated heterocycles. The molecule has 0 bridgehead atoms. The summed E-state index contributed by atoms with van der Waals surface area (Å²) in [5, 5.41) is 6.54. The van der Waals surface area contributed by atoms with Crippen LogP contribution in [-0.4, -0.2) is 34.1 Å². The Bertz CT molecular complexity index is 1060. The highest BCUT2D eigenvalue weighted by molar-refractivity contribution is 6.07. The predicted molar refractivity (Wildman–Crippen MR) is 99.1 cm³/mol. The van der Waals surface area contributed by atoms with E-state index in [9.17, 15) is 14.0 Å². The van der Waals surface area contributed by atoms with Crippen LogP contribution in [0.3, 0.4) is 0 Å². The molecule has 1 N–H and O–H groups in total. The number of amides is 3. The molecule has 1 fully saturated rings. The second-order valence-corrected chi connectivity index (χ2v) is 6.69. The summed E-state index contributed by atoms with van der Waals surface area (Å²) in [5.41, 5.74) is -0.0401. The first kappa shape index (κ1) is 18.6. The molecule has 0 saturated carbocycles. The average molecular weight is 396 g/mol. The summed E-state index contributed by atoms with van der Waals surface area (Å²) in [6, 6.07) is 11.9. The van der Waals surface area contributed by atoms with Crippen molar-refractivity contribution in [3.63, 3.8) is 0 Å². The second-order valence-electron chi connectivity index (χ2n) is 6.69.